The van der Waals surface area contributed by atoms with Gasteiger partial charge in [0.1, 0.15) is 11.9 Å². The maximum absolute atomic E-state index is 13.4. The van der Waals surface area contributed by atoms with Gasteiger partial charge in [-0.15, -0.1) is 11.3 Å². The number of benzene rings is 2. The van der Waals surface area contributed by atoms with E-state index in [-0.39, 0.29) is 17.9 Å². The second-order valence-corrected chi connectivity index (χ2v) is 10.2. The van der Waals surface area contributed by atoms with E-state index in [4.69, 9.17) is 11.6 Å². The maximum atomic E-state index is 13.4. The van der Waals surface area contributed by atoms with E-state index in [9.17, 15) is 22.4 Å². The molecule has 4 rings (SSSR count). The molecule has 1 aromatic heterocycles. The molecule has 160 valence electrons. The lowest BCUT2D eigenvalue weighted by Crippen LogP contribution is -2.44. The lowest BCUT2D eigenvalue weighted by Gasteiger charge is -2.26. The van der Waals surface area contributed by atoms with Gasteiger partial charge in [-0.25, -0.2) is 17.7 Å². The van der Waals surface area contributed by atoms with E-state index in [1.54, 1.807) is 29.6 Å². The van der Waals surface area contributed by atoms with Crippen molar-refractivity contribution in [2.75, 3.05) is 4.90 Å². The van der Waals surface area contributed by atoms with E-state index in [1.165, 1.54) is 23.5 Å². The second kappa shape index (κ2) is 8.51. The fourth-order valence-corrected chi connectivity index (χ4v) is 5.83. The van der Waals surface area contributed by atoms with Gasteiger partial charge in [0, 0.05) is 16.4 Å². The van der Waals surface area contributed by atoms with Crippen molar-refractivity contribution < 1.29 is 22.4 Å². The maximum Gasteiger partial charge on any atom is 0.252 e. The number of carbonyl (C=O) groups is 2. The van der Waals surface area contributed by atoms with E-state index in [0.29, 0.717) is 15.6 Å². The van der Waals surface area contributed by atoms with E-state index >= 15 is 0 Å². The summed E-state index contributed by atoms with van der Waals surface area (Å²) < 4.78 is 41.2. The number of halogens is 2. The van der Waals surface area contributed by atoms with Crippen LogP contribution < -0.4 is 4.90 Å². The Morgan fingerprint density at radius 1 is 1.06 bits per heavy atom. The normalized spacial score (nSPS) is 17.0. The number of hydrogen-bond acceptors (Lipinski definition) is 5. The third-order valence-corrected chi connectivity index (χ3v) is 7.85. The van der Waals surface area contributed by atoms with Gasteiger partial charge < -0.3 is 0 Å². The summed E-state index contributed by atoms with van der Waals surface area (Å²) in [5.74, 6) is -1.73. The smallest absolute Gasteiger partial charge is 0.252 e. The highest BCUT2D eigenvalue weighted by atomic mass is 35.5. The van der Waals surface area contributed by atoms with Crippen LogP contribution in [-0.2, 0) is 26.2 Å². The molecule has 3 aromatic rings. The Bertz CT molecular complexity index is 1210. The van der Waals surface area contributed by atoms with Gasteiger partial charge in [0.25, 0.3) is 5.91 Å². The molecule has 2 heterocycles. The van der Waals surface area contributed by atoms with Gasteiger partial charge in [-0.2, -0.15) is 4.31 Å². The van der Waals surface area contributed by atoms with Gasteiger partial charge in [0.2, 0.25) is 15.9 Å². The van der Waals surface area contributed by atoms with Crippen LogP contribution in [0, 0.1) is 5.82 Å². The highest BCUT2D eigenvalue weighted by Gasteiger charge is 2.47. The molecule has 0 spiro atoms. The van der Waals surface area contributed by atoms with Gasteiger partial charge in [-0.05, 0) is 60.0 Å². The standard InChI is InChI=1S/C21H16ClFN2O4S2/c22-14-3-7-16(8-4-14)25-20(26)12-19(21(25)27)24(13-17-2-1-11-30-17)31(28,29)18-9-5-15(23)6-10-18/h1-11,19H,12-13H2. The van der Waals surface area contributed by atoms with E-state index in [2.05, 4.69) is 0 Å². The highest BCUT2D eigenvalue weighted by molar-refractivity contribution is 7.89. The summed E-state index contributed by atoms with van der Waals surface area (Å²) in [5.41, 5.74) is 0.317. The predicted molar refractivity (Wildman–Crippen MR) is 116 cm³/mol. The van der Waals surface area contributed by atoms with Gasteiger partial charge in [0.15, 0.2) is 0 Å². The van der Waals surface area contributed by atoms with Crippen molar-refractivity contribution in [2.24, 2.45) is 0 Å². The van der Waals surface area contributed by atoms with Crippen LogP contribution in [0.2, 0.25) is 5.02 Å². The van der Waals surface area contributed by atoms with Crippen molar-refractivity contribution in [1.29, 1.82) is 0 Å². The molecule has 1 fully saturated rings. The van der Waals surface area contributed by atoms with E-state index in [0.717, 1.165) is 33.5 Å². The number of rotatable bonds is 6. The van der Waals surface area contributed by atoms with Crippen LogP contribution in [0.15, 0.2) is 70.9 Å². The van der Waals surface area contributed by atoms with Gasteiger partial charge in [0.05, 0.1) is 17.0 Å². The number of thiophene rings is 1. The summed E-state index contributed by atoms with van der Waals surface area (Å²) >= 11 is 7.22. The zero-order valence-corrected chi connectivity index (χ0v) is 18.3. The first kappa shape index (κ1) is 21.6. The molecule has 6 nitrogen and oxygen atoms in total. The number of nitrogens with zero attached hydrogens (tertiary/aromatic N) is 2. The van der Waals surface area contributed by atoms with Crippen molar-refractivity contribution in [1.82, 2.24) is 4.31 Å². The molecule has 1 unspecified atom stereocenters. The molecular weight excluding hydrogens is 463 g/mol. The fraction of sp³-hybridized carbons (Fsp3) is 0.143. The van der Waals surface area contributed by atoms with E-state index in [1.807, 2.05) is 0 Å². The third-order valence-electron chi connectivity index (χ3n) is 4.87. The minimum absolute atomic E-state index is 0.0878. The third kappa shape index (κ3) is 4.27. The van der Waals surface area contributed by atoms with E-state index < -0.39 is 33.7 Å². The first-order valence-corrected chi connectivity index (χ1v) is 11.9. The Labute approximate surface area is 187 Å². The Balaban J connectivity index is 1.73. The lowest BCUT2D eigenvalue weighted by atomic mass is 10.2. The molecule has 0 saturated carbocycles. The summed E-state index contributed by atoms with van der Waals surface area (Å²) in [6.45, 7) is -0.0878. The topological polar surface area (TPSA) is 74.8 Å². The van der Waals surface area contributed by atoms with Crippen molar-refractivity contribution >= 4 is 50.5 Å². The van der Waals surface area contributed by atoms with Crippen LogP contribution in [-0.4, -0.2) is 30.6 Å². The molecule has 0 radical (unpaired) electrons. The molecule has 2 aromatic carbocycles. The van der Waals surface area contributed by atoms with Crippen molar-refractivity contribution in [3.8, 4) is 0 Å². The van der Waals surface area contributed by atoms with Crippen LogP contribution in [0.4, 0.5) is 10.1 Å². The van der Waals surface area contributed by atoms with Crippen LogP contribution in [0.1, 0.15) is 11.3 Å². The molecule has 1 aliphatic rings. The summed E-state index contributed by atoms with van der Waals surface area (Å²) in [6, 6.07) is 12.8. The zero-order chi connectivity index (χ0) is 22.2. The first-order chi connectivity index (χ1) is 14.8. The molecule has 0 N–H and O–H groups in total. The zero-order valence-electron chi connectivity index (χ0n) is 15.9. The molecule has 10 heteroatoms. The Hall–Kier alpha value is -2.59. The molecule has 0 aliphatic carbocycles. The Kier molecular flexibility index (Phi) is 5.94. The minimum Gasteiger partial charge on any atom is -0.274 e. The van der Waals surface area contributed by atoms with Crippen molar-refractivity contribution in [3.05, 3.63) is 81.8 Å². The molecule has 0 bridgehead atoms. The number of sulfonamides is 1. The van der Waals surface area contributed by atoms with Crippen LogP contribution >= 0.6 is 22.9 Å². The summed E-state index contributed by atoms with van der Waals surface area (Å²) in [4.78, 5) is 27.4. The molecular formula is C21H16ClFN2O4S2. The summed E-state index contributed by atoms with van der Waals surface area (Å²) in [7, 11) is -4.19. The van der Waals surface area contributed by atoms with Gasteiger partial charge in [-0.1, -0.05) is 17.7 Å². The minimum atomic E-state index is -4.19. The average Bonchev–Trinajstić information content (AvgIpc) is 3.35. The predicted octanol–water partition coefficient (Wildman–Crippen LogP) is 4.06. The molecule has 1 aliphatic heterocycles. The summed E-state index contributed by atoms with van der Waals surface area (Å²) in [6.07, 6.45) is -0.298. The second-order valence-electron chi connectivity index (χ2n) is 6.85. The molecule has 2 amide bonds. The van der Waals surface area contributed by atoms with Crippen molar-refractivity contribution in [3.63, 3.8) is 0 Å². The first-order valence-electron chi connectivity index (χ1n) is 9.19. The highest BCUT2D eigenvalue weighted by Crippen LogP contribution is 2.31. The SMILES string of the molecule is O=C1CC(N(Cc2cccs2)S(=O)(=O)c2ccc(F)cc2)C(=O)N1c1ccc(Cl)cc1. The van der Waals surface area contributed by atoms with Crippen LogP contribution in [0.5, 0.6) is 0 Å². The lowest BCUT2D eigenvalue weighted by molar-refractivity contribution is -0.122. The molecule has 1 atom stereocenters. The monoisotopic (exact) mass is 478 g/mol. The molecule has 1 saturated heterocycles. The molecule has 31 heavy (non-hydrogen) atoms. The van der Waals surface area contributed by atoms with Crippen molar-refractivity contribution in [2.45, 2.75) is 23.9 Å². The largest absolute Gasteiger partial charge is 0.274 e. The summed E-state index contributed by atoms with van der Waals surface area (Å²) in [5, 5.41) is 2.23. The van der Waals surface area contributed by atoms with Gasteiger partial charge >= 0.3 is 0 Å². The number of anilines is 1. The average molecular weight is 479 g/mol. The number of hydrogen-bond donors (Lipinski definition) is 0. The fourth-order valence-electron chi connectivity index (χ4n) is 3.36. The Morgan fingerprint density at radius 3 is 2.35 bits per heavy atom. The van der Waals surface area contributed by atoms with Crippen LogP contribution in [0.25, 0.3) is 0 Å². The quantitative estimate of drug-likeness (QED) is 0.501. The Morgan fingerprint density at radius 2 is 1.74 bits per heavy atom. The number of carbonyl (C=O) groups excluding carboxylic acids is 2. The van der Waals surface area contributed by atoms with Crippen LogP contribution in [0.3, 0.4) is 0 Å². The number of imide groups is 1. The number of amides is 2. The van der Waals surface area contributed by atoms with Gasteiger partial charge in [-0.3, -0.25) is 9.59 Å².